The van der Waals surface area contributed by atoms with E-state index in [9.17, 15) is 22.8 Å². The molecule has 0 unspecified atom stereocenters. The van der Waals surface area contributed by atoms with E-state index in [-0.39, 0.29) is 16.5 Å². The first-order valence-corrected chi connectivity index (χ1v) is 12.4. The summed E-state index contributed by atoms with van der Waals surface area (Å²) in [4.78, 5) is 29.3. The third-order valence-corrected chi connectivity index (χ3v) is 7.63. The average Bonchev–Trinajstić information content (AvgIpc) is 3.02. The highest BCUT2D eigenvalue weighted by Crippen LogP contribution is 2.50. The highest BCUT2D eigenvalue weighted by molar-refractivity contribution is 8.27. The third-order valence-electron chi connectivity index (χ3n) is 6.88. The van der Waals surface area contributed by atoms with Gasteiger partial charge in [0.1, 0.15) is 11.4 Å². The first-order valence-electron chi connectivity index (χ1n) is 11.6. The van der Waals surface area contributed by atoms with E-state index in [2.05, 4.69) is 38.5 Å². The van der Waals surface area contributed by atoms with E-state index in [0.29, 0.717) is 23.0 Å². The van der Waals surface area contributed by atoms with E-state index >= 15 is 0 Å². The fourth-order valence-corrected chi connectivity index (χ4v) is 5.51. The third kappa shape index (κ3) is 4.98. The number of carbonyl (C=O) groups excluding carboxylic acids is 2. The summed E-state index contributed by atoms with van der Waals surface area (Å²) < 4.78 is 42.1. The lowest BCUT2D eigenvalue weighted by Gasteiger charge is -2.43. The van der Waals surface area contributed by atoms with Gasteiger partial charge in [-0.05, 0) is 70.7 Å². The van der Waals surface area contributed by atoms with Crippen LogP contribution in [0.1, 0.15) is 57.2 Å². The second-order valence-electron chi connectivity index (χ2n) is 10.7. The monoisotopic (exact) mass is 518 g/mol. The summed E-state index contributed by atoms with van der Waals surface area (Å²) in [5, 5.41) is -0.922. The Morgan fingerprint density at radius 1 is 1.00 bits per heavy atom. The molecule has 1 aliphatic heterocycles. The molecule has 1 aliphatic carbocycles. The summed E-state index contributed by atoms with van der Waals surface area (Å²) in [5.74, 6) is -0.403. The van der Waals surface area contributed by atoms with Gasteiger partial charge in [-0.2, -0.15) is 0 Å². The van der Waals surface area contributed by atoms with Crippen molar-refractivity contribution < 1.29 is 27.5 Å². The van der Waals surface area contributed by atoms with Crippen molar-refractivity contribution in [2.45, 2.75) is 57.7 Å². The lowest BCUT2D eigenvalue weighted by Crippen LogP contribution is -2.35. The van der Waals surface area contributed by atoms with E-state index in [0.717, 1.165) is 24.1 Å². The Hall–Kier alpha value is -2.94. The Bertz CT molecular complexity index is 1270. The number of halogens is 3. The Morgan fingerprint density at radius 3 is 2.19 bits per heavy atom. The summed E-state index contributed by atoms with van der Waals surface area (Å²) in [6, 6.07) is 9.43. The number of fused-ring (bicyclic) bond motifs is 1. The first kappa shape index (κ1) is 26.1. The summed E-state index contributed by atoms with van der Waals surface area (Å²) in [6.07, 6.45) is -1.41. The fourth-order valence-electron chi connectivity index (χ4n) is 4.81. The number of hydrogen-bond acceptors (Lipinski definition) is 5. The molecule has 1 saturated heterocycles. The van der Waals surface area contributed by atoms with Crippen molar-refractivity contribution in [2.24, 2.45) is 0 Å². The van der Waals surface area contributed by atoms with Crippen LogP contribution in [0.2, 0.25) is 0 Å². The minimum absolute atomic E-state index is 0.0503. The molecular weight excluding hydrogens is 489 g/mol. The van der Waals surface area contributed by atoms with Gasteiger partial charge in [0, 0.05) is 25.9 Å². The van der Waals surface area contributed by atoms with Crippen molar-refractivity contribution in [3.8, 4) is 5.75 Å². The van der Waals surface area contributed by atoms with Gasteiger partial charge in [-0.3, -0.25) is 14.5 Å². The second-order valence-corrected chi connectivity index (χ2v) is 11.6. The molecule has 192 valence electrons. The topological polar surface area (TPSA) is 49.9 Å². The molecule has 1 amide bonds. The first-order chi connectivity index (χ1) is 16.6. The molecule has 1 fully saturated rings. The number of amides is 1. The van der Waals surface area contributed by atoms with Crippen molar-refractivity contribution in [2.75, 3.05) is 23.9 Å². The van der Waals surface area contributed by atoms with Crippen LogP contribution >= 0.6 is 11.8 Å². The number of nitrogens with zero attached hydrogens (tertiary/aromatic N) is 2. The molecule has 0 saturated carbocycles. The van der Waals surface area contributed by atoms with Gasteiger partial charge in [-0.1, -0.05) is 39.8 Å². The fraction of sp³-hybridized carbons (Fsp3) is 0.407. The summed E-state index contributed by atoms with van der Waals surface area (Å²) >= 11 is 0.572. The van der Waals surface area contributed by atoms with E-state index in [1.54, 1.807) is 6.07 Å². The molecule has 9 heteroatoms. The van der Waals surface area contributed by atoms with Gasteiger partial charge in [-0.25, -0.2) is 0 Å². The molecule has 0 bridgehead atoms. The van der Waals surface area contributed by atoms with Gasteiger partial charge in [0.25, 0.3) is 5.24 Å². The summed E-state index contributed by atoms with van der Waals surface area (Å²) in [6.45, 7) is 8.77. The van der Waals surface area contributed by atoms with Crippen molar-refractivity contribution in [1.29, 1.82) is 0 Å². The van der Waals surface area contributed by atoms with Crippen molar-refractivity contribution >= 4 is 39.6 Å². The Labute approximate surface area is 213 Å². The van der Waals surface area contributed by atoms with Crippen LogP contribution < -0.4 is 14.5 Å². The maximum Gasteiger partial charge on any atom is 0.573 e. The van der Waals surface area contributed by atoms with E-state index < -0.39 is 22.5 Å². The lowest BCUT2D eigenvalue weighted by atomic mass is 9.63. The van der Waals surface area contributed by atoms with Crippen LogP contribution in [0.25, 0.3) is 6.08 Å². The molecule has 2 aromatic rings. The zero-order chi connectivity index (χ0) is 26.6. The zero-order valence-electron chi connectivity index (χ0n) is 21.1. The van der Waals surface area contributed by atoms with Crippen LogP contribution in [-0.2, 0) is 15.6 Å². The minimum atomic E-state index is -4.84. The van der Waals surface area contributed by atoms with Crippen molar-refractivity contribution in [1.82, 2.24) is 0 Å². The number of ether oxygens (including phenoxy) is 1. The maximum atomic E-state index is 13.1. The van der Waals surface area contributed by atoms with Crippen molar-refractivity contribution in [3.63, 3.8) is 0 Å². The molecule has 0 N–H and O–H groups in total. The van der Waals surface area contributed by atoms with Gasteiger partial charge >= 0.3 is 6.36 Å². The largest absolute Gasteiger partial charge is 0.573 e. The predicted octanol–water partition coefficient (Wildman–Crippen LogP) is 7.24. The zero-order valence-corrected chi connectivity index (χ0v) is 21.9. The highest BCUT2D eigenvalue weighted by Gasteiger charge is 2.42. The minimum Gasteiger partial charge on any atom is -0.406 e. The smallest absolute Gasteiger partial charge is 0.406 e. The average molecular weight is 519 g/mol. The van der Waals surface area contributed by atoms with Crippen LogP contribution in [0.3, 0.4) is 0 Å². The van der Waals surface area contributed by atoms with Gasteiger partial charge in [-0.15, -0.1) is 13.2 Å². The molecule has 1 heterocycles. The molecule has 4 rings (SSSR count). The Balaban J connectivity index is 1.87. The molecular formula is C27H29F3N2O3S. The van der Waals surface area contributed by atoms with E-state index in [4.69, 9.17) is 0 Å². The molecule has 36 heavy (non-hydrogen) atoms. The predicted molar refractivity (Wildman–Crippen MR) is 138 cm³/mol. The van der Waals surface area contributed by atoms with Gasteiger partial charge in [0.05, 0.1) is 11.4 Å². The maximum absolute atomic E-state index is 13.1. The van der Waals surface area contributed by atoms with Crippen LogP contribution in [0.4, 0.5) is 29.3 Å². The van der Waals surface area contributed by atoms with Gasteiger partial charge < -0.3 is 9.64 Å². The lowest BCUT2D eigenvalue weighted by molar-refractivity contribution is -0.274. The number of alkyl halides is 3. The molecule has 5 nitrogen and oxygen atoms in total. The molecule has 0 atom stereocenters. The molecule has 0 aromatic heterocycles. The summed E-state index contributed by atoms with van der Waals surface area (Å²) in [5.41, 5.74) is 3.90. The summed E-state index contributed by atoms with van der Waals surface area (Å²) in [7, 11) is 3.76. The van der Waals surface area contributed by atoms with Crippen LogP contribution in [0, 0.1) is 0 Å². The van der Waals surface area contributed by atoms with E-state index in [1.807, 2.05) is 25.1 Å². The SMILES string of the molecule is CN(C)c1cc2c(cc1N1C(=O)SC(=O)C1=Cc1cccc(OC(F)(F)F)c1)C(C)(C)CCC2(C)C. The second kappa shape index (κ2) is 8.87. The number of thioether (sulfide) groups is 1. The normalized spacial score (nSPS) is 20.0. The van der Waals surface area contributed by atoms with Crippen LogP contribution in [0.5, 0.6) is 5.75 Å². The Morgan fingerprint density at radius 2 is 1.61 bits per heavy atom. The molecule has 0 spiro atoms. The highest BCUT2D eigenvalue weighted by atomic mass is 32.2. The molecule has 2 aromatic carbocycles. The molecule has 0 radical (unpaired) electrons. The van der Waals surface area contributed by atoms with Crippen LogP contribution in [-0.4, -0.2) is 30.8 Å². The van der Waals surface area contributed by atoms with Crippen molar-refractivity contribution in [3.05, 3.63) is 58.8 Å². The van der Waals surface area contributed by atoms with Crippen LogP contribution in [0.15, 0.2) is 42.1 Å². The Kier molecular flexibility index (Phi) is 6.44. The number of benzene rings is 2. The number of hydrogen-bond donors (Lipinski definition) is 0. The quantitative estimate of drug-likeness (QED) is 0.399. The number of rotatable bonds is 4. The van der Waals surface area contributed by atoms with E-state index in [1.165, 1.54) is 34.7 Å². The van der Waals surface area contributed by atoms with Gasteiger partial charge in [0.15, 0.2) is 0 Å². The van der Waals surface area contributed by atoms with Gasteiger partial charge in [0.2, 0.25) is 5.12 Å². The number of carbonyl (C=O) groups is 2. The molecule has 2 aliphatic rings. The number of anilines is 2. The standard InChI is InChI=1S/C27H29F3N2O3S/c1-25(2)10-11-26(3,4)19-15-21(20(31(5)6)14-18(19)25)32-22(23(33)36-24(32)34)13-16-8-7-9-17(12-16)35-27(28,29)30/h7-9,12-15H,10-11H2,1-6H3.